The van der Waals surface area contributed by atoms with Crippen molar-refractivity contribution in [2.24, 2.45) is 0 Å². The number of rotatable bonds is 3. The van der Waals surface area contributed by atoms with Crippen LogP contribution in [0.5, 0.6) is 0 Å². The fourth-order valence-electron chi connectivity index (χ4n) is 2.92. The third-order valence-corrected chi connectivity index (χ3v) is 4.13. The first-order valence-corrected chi connectivity index (χ1v) is 8.72. The van der Waals surface area contributed by atoms with E-state index in [9.17, 15) is 9.59 Å². The largest absolute Gasteiger partial charge is 0.443 e. The average Bonchev–Trinajstić information content (AvgIpc) is 2.95. The molecule has 0 fully saturated rings. The zero-order valence-corrected chi connectivity index (χ0v) is 15.3. The Bertz CT molecular complexity index is 817. The molecule has 0 saturated heterocycles. The molecule has 1 aliphatic rings. The van der Waals surface area contributed by atoms with Crippen molar-refractivity contribution in [3.8, 4) is 11.1 Å². The lowest BCUT2D eigenvalue weighted by Crippen LogP contribution is -2.43. The monoisotopic (exact) mass is 349 g/mol. The molecular weight excluding hydrogens is 326 g/mol. The fourth-order valence-corrected chi connectivity index (χ4v) is 2.92. The minimum Gasteiger partial charge on any atom is -0.443 e. The van der Waals surface area contributed by atoms with Crippen molar-refractivity contribution in [2.45, 2.75) is 38.8 Å². The van der Waals surface area contributed by atoms with Crippen molar-refractivity contribution in [1.82, 2.24) is 4.90 Å². The SMILES string of the molecule is CC(C)(C)OC(=O)N1C(=O)C=CC1Cc1ccc(-c2ccccc2)cc1. The lowest BCUT2D eigenvalue weighted by atomic mass is 10.0. The van der Waals surface area contributed by atoms with E-state index in [4.69, 9.17) is 4.74 Å². The Balaban J connectivity index is 1.72. The highest BCUT2D eigenvalue weighted by atomic mass is 16.6. The molecule has 26 heavy (non-hydrogen) atoms. The molecule has 4 nitrogen and oxygen atoms in total. The molecule has 134 valence electrons. The molecule has 1 heterocycles. The quantitative estimate of drug-likeness (QED) is 0.814. The summed E-state index contributed by atoms with van der Waals surface area (Å²) in [5, 5.41) is 0. The van der Waals surface area contributed by atoms with Crippen LogP contribution in [0.1, 0.15) is 26.3 Å². The predicted octanol–water partition coefficient (Wildman–Crippen LogP) is 4.60. The fraction of sp³-hybridized carbons (Fsp3) is 0.273. The lowest BCUT2D eigenvalue weighted by molar-refractivity contribution is -0.125. The van der Waals surface area contributed by atoms with Crippen molar-refractivity contribution >= 4 is 12.0 Å². The Kier molecular flexibility index (Phi) is 4.94. The van der Waals surface area contributed by atoms with E-state index in [2.05, 4.69) is 24.3 Å². The van der Waals surface area contributed by atoms with Gasteiger partial charge in [-0.3, -0.25) is 4.79 Å². The zero-order chi connectivity index (χ0) is 18.7. The van der Waals surface area contributed by atoms with Gasteiger partial charge in [0.1, 0.15) is 5.60 Å². The average molecular weight is 349 g/mol. The molecule has 4 heteroatoms. The minimum atomic E-state index is -0.637. The van der Waals surface area contributed by atoms with Gasteiger partial charge in [-0.1, -0.05) is 60.7 Å². The molecule has 0 aliphatic carbocycles. The number of hydrogen-bond acceptors (Lipinski definition) is 3. The Morgan fingerprint density at radius 2 is 1.62 bits per heavy atom. The minimum absolute atomic E-state index is 0.320. The predicted molar refractivity (Wildman–Crippen MR) is 102 cm³/mol. The molecule has 0 saturated carbocycles. The summed E-state index contributed by atoms with van der Waals surface area (Å²) >= 11 is 0. The highest BCUT2D eigenvalue weighted by Gasteiger charge is 2.34. The number of nitrogens with zero attached hydrogens (tertiary/aromatic N) is 1. The summed E-state index contributed by atoms with van der Waals surface area (Å²) in [6, 6.07) is 18.0. The third-order valence-electron chi connectivity index (χ3n) is 4.13. The first-order chi connectivity index (χ1) is 12.3. The van der Waals surface area contributed by atoms with Gasteiger partial charge in [0.25, 0.3) is 5.91 Å². The molecular formula is C22H23NO3. The molecule has 0 radical (unpaired) electrons. The van der Waals surface area contributed by atoms with Gasteiger partial charge in [0.2, 0.25) is 0 Å². The smallest absolute Gasteiger partial charge is 0.417 e. The van der Waals surface area contributed by atoms with Crippen molar-refractivity contribution in [3.63, 3.8) is 0 Å². The number of imide groups is 1. The van der Waals surface area contributed by atoms with Gasteiger partial charge in [0.15, 0.2) is 0 Å². The van der Waals surface area contributed by atoms with Gasteiger partial charge in [0, 0.05) is 6.08 Å². The van der Waals surface area contributed by atoms with Crippen LogP contribution in [0.4, 0.5) is 4.79 Å². The number of carbonyl (C=O) groups is 2. The Morgan fingerprint density at radius 3 is 2.23 bits per heavy atom. The summed E-state index contributed by atoms with van der Waals surface area (Å²) in [4.78, 5) is 25.6. The number of hydrogen-bond donors (Lipinski definition) is 0. The van der Waals surface area contributed by atoms with E-state index in [0.717, 1.165) is 16.7 Å². The summed E-state index contributed by atoms with van der Waals surface area (Å²) in [5.74, 6) is -0.329. The molecule has 2 amide bonds. The molecule has 1 atom stereocenters. The number of carbonyl (C=O) groups excluding carboxylic acids is 2. The van der Waals surface area contributed by atoms with Gasteiger partial charge in [-0.25, -0.2) is 9.69 Å². The molecule has 2 aromatic rings. The maximum Gasteiger partial charge on any atom is 0.417 e. The standard InChI is InChI=1S/C22H23NO3/c1-22(2,3)26-21(25)23-19(13-14-20(23)24)15-16-9-11-18(12-10-16)17-7-5-4-6-8-17/h4-14,19H,15H2,1-3H3. The van der Waals surface area contributed by atoms with Crippen LogP contribution in [-0.4, -0.2) is 28.5 Å². The van der Waals surface area contributed by atoms with Gasteiger partial charge in [-0.05, 0) is 43.9 Å². The molecule has 1 aliphatic heterocycles. The van der Waals surface area contributed by atoms with E-state index < -0.39 is 11.7 Å². The summed E-state index contributed by atoms with van der Waals surface area (Å²) < 4.78 is 5.36. The van der Waals surface area contributed by atoms with E-state index in [-0.39, 0.29) is 11.9 Å². The first-order valence-electron chi connectivity index (χ1n) is 8.72. The molecule has 0 N–H and O–H groups in total. The third kappa shape index (κ3) is 4.20. The van der Waals surface area contributed by atoms with Crippen LogP contribution in [0.15, 0.2) is 66.7 Å². The zero-order valence-electron chi connectivity index (χ0n) is 15.3. The first kappa shape index (κ1) is 17.9. The number of amides is 2. The van der Waals surface area contributed by atoms with Crippen LogP contribution in [-0.2, 0) is 16.0 Å². The summed E-state index contributed by atoms with van der Waals surface area (Å²) in [7, 11) is 0. The van der Waals surface area contributed by atoms with Crippen molar-refractivity contribution in [3.05, 3.63) is 72.3 Å². The Labute approximate surface area is 154 Å². The molecule has 1 unspecified atom stereocenters. The molecule has 0 spiro atoms. The van der Waals surface area contributed by atoms with Gasteiger partial charge >= 0.3 is 6.09 Å². The number of benzene rings is 2. The lowest BCUT2D eigenvalue weighted by Gasteiger charge is -2.27. The van der Waals surface area contributed by atoms with E-state index in [0.29, 0.717) is 6.42 Å². The van der Waals surface area contributed by atoms with E-state index in [1.165, 1.54) is 11.0 Å². The van der Waals surface area contributed by atoms with Crippen LogP contribution >= 0.6 is 0 Å². The van der Waals surface area contributed by atoms with Crippen LogP contribution in [0.2, 0.25) is 0 Å². The summed E-state index contributed by atoms with van der Waals surface area (Å²) in [5.41, 5.74) is 2.71. The summed E-state index contributed by atoms with van der Waals surface area (Å²) in [6.07, 6.45) is 3.17. The number of ether oxygens (including phenoxy) is 1. The van der Waals surface area contributed by atoms with Gasteiger partial charge in [0.05, 0.1) is 6.04 Å². The second-order valence-electron chi connectivity index (χ2n) is 7.38. The van der Waals surface area contributed by atoms with E-state index in [1.54, 1.807) is 26.8 Å². The van der Waals surface area contributed by atoms with Crippen LogP contribution in [0, 0.1) is 0 Å². The Morgan fingerprint density at radius 1 is 1.00 bits per heavy atom. The second-order valence-corrected chi connectivity index (χ2v) is 7.38. The molecule has 0 aromatic heterocycles. The summed E-state index contributed by atoms with van der Waals surface area (Å²) in [6.45, 7) is 5.36. The maximum absolute atomic E-state index is 12.4. The van der Waals surface area contributed by atoms with Gasteiger partial charge in [-0.2, -0.15) is 0 Å². The van der Waals surface area contributed by atoms with Gasteiger partial charge < -0.3 is 4.74 Å². The normalized spacial score (nSPS) is 16.8. The van der Waals surface area contributed by atoms with Crippen molar-refractivity contribution < 1.29 is 14.3 Å². The topological polar surface area (TPSA) is 46.6 Å². The van der Waals surface area contributed by atoms with Crippen molar-refractivity contribution in [2.75, 3.05) is 0 Å². The highest BCUT2D eigenvalue weighted by molar-refractivity contribution is 6.01. The van der Waals surface area contributed by atoms with Crippen LogP contribution in [0.3, 0.4) is 0 Å². The van der Waals surface area contributed by atoms with Gasteiger partial charge in [-0.15, -0.1) is 0 Å². The van der Waals surface area contributed by atoms with E-state index >= 15 is 0 Å². The molecule has 3 rings (SSSR count). The van der Waals surface area contributed by atoms with E-state index in [1.807, 2.05) is 30.3 Å². The maximum atomic E-state index is 12.4. The van der Waals surface area contributed by atoms with Crippen LogP contribution in [0.25, 0.3) is 11.1 Å². The molecule has 2 aromatic carbocycles. The second kappa shape index (κ2) is 7.16. The van der Waals surface area contributed by atoms with Crippen LogP contribution < -0.4 is 0 Å². The van der Waals surface area contributed by atoms with Crippen molar-refractivity contribution in [1.29, 1.82) is 0 Å². The Hall–Kier alpha value is -2.88. The highest BCUT2D eigenvalue weighted by Crippen LogP contribution is 2.23. The molecule has 0 bridgehead atoms.